The number of aromatic amines is 1. The summed E-state index contributed by atoms with van der Waals surface area (Å²) < 4.78 is 0.978. The van der Waals surface area contributed by atoms with E-state index in [1.165, 1.54) is 0 Å². The molecule has 2 nitrogen and oxygen atoms in total. The summed E-state index contributed by atoms with van der Waals surface area (Å²) in [5, 5.41) is 0.959. The van der Waals surface area contributed by atoms with E-state index in [4.69, 9.17) is 0 Å². The van der Waals surface area contributed by atoms with Crippen LogP contribution in [0.3, 0.4) is 0 Å². The Morgan fingerprint density at radius 3 is 2.87 bits per heavy atom. The van der Waals surface area contributed by atoms with Gasteiger partial charge in [0.2, 0.25) is 0 Å². The number of carbonyl (C=O) groups excluding carboxylic acids is 1. The molecule has 78 valence electrons. The highest BCUT2D eigenvalue weighted by molar-refractivity contribution is 9.10. The molecule has 1 aromatic carbocycles. The van der Waals surface area contributed by atoms with Crippen LogP contribution in [-0.4, -0.2) is 15.6 Å². The molecule has 0 saturated carbocycles. The average Bonchev–Trinajstić information content (AvgIpc) is 2.59. The smallest absolute Gasteiger partial charge is 0.178 e. The molecule has 0 aliphatic heterocycles. The van der Waals surface area contributed by atoms with Gasteiger partial charge >= 0.3 is 0 Å². The second-order valence-corrected chi connectivity index (χ2v) is 5.66. The molecule has 4 heteroatoms. The number of nitrogens with one attached hydrogen (secondary N) is 1. The highest BCUT2D eigenvalue weighted by atomic mass is 79.9. The number of alkyl halides is 1. The second kappa shape index (κ2) is 4.10. The summed E-state index contributed by atoms with van der Waals surface area (Å²) in [6, 6.07) is 5.86. The van der Waals surface area contributed by atoms with E-state index < -0.39 is 0 Å². The Morgan fingerprint density at radius 1 is 1.47 bits per heavy atom. The summed E-state index contributed by atoms with van der Waals surface area (Å²) >= 11 is 6.69. The zero-order valence-electron chi connectivity index (χ0n) is 8.05. The molecular formula is C11H9Br2NO. The van der Waals surface area contributed by atoms with Crippen LogP contribution in [0.5, 0.6) is 0 Å². The molecule has 0 spiro atoms. The Labute approximate surface area is 104 Å². The van der Waals surface area contributed by atoms with Gasteiger partial charge in [0.15, 0.2) is 5.78 Å². The van der Waals surface area contributed by atoms with E-state index in [-0.39, 0.29) is 10.6 Å². The van der Waals surface area contributed by atoms with E-state index in [0.29, 0.717) is 0 Å². The van der Waals surface area contributed by atoms with Crippen LogP contribution in [0.15, 0.2) is 28.9 Å². The Hall–Kier alpha value is -0.610. The zero-order valence-corrected chi connectivity index (χ0v) is 11.2. The third-order valence-electron chi connectivity index (χ3n) is 2.27. The zero-order chi connectivity index (χ0) is 11.0. The van der Waals surface area contributed by atoms with Gasteiger partial charge < -0.3 is 4.98 Å². The van der Waals surface area contributed by atoms with Gasteiger partial charge in [0.1, 0.15) is 0 Å². The number of hydrogen-bond acceptors (Lipinski definition) is 1. The molecule has 0 fully saturated rings. The van der Waals surface area contributed by atoms with E-state index >= 15 is 0 Å². The molecule has 15 heavy (non-hydrogen) atoms. The summed E-state index contributed by atoms with van der Waals surface area (Å²) in [5.41, 5.74) is 1.71. The molecule has 0 aliphatic carbocycles. The molecule has 0 aliphatic rings. The largest absolute Gasteiger partial charge is 0.360 e. The first-order chi connectivity index (χ1) is 7.09. The summed E-state index contributed by atoms with van der Waals surface area (Å²) in [6.45, 7) is 1.83. The van der Waals surface area contributed by atoms with Crippen molar-refractivity contribution in [2.45, 2.75) is 11.8 Å². The van der Waals surface area contributed by atoms with Crippen molar-refractivity contribution in [3.05, 3.63) is 34.4 Å². The predicted molar refractivity (Wildman–Crippen MR) is 68.7 cm³/mol. The molecule has 0 saturated heterocycles. The fraction of sp³-hybridized carbons (Fsp3) is 0.182. The number of benzene rings is 1. The van der Waals surface area contributed by atoms with Gasteiger partial charge in [0.25, 0.3) is 0 Å². The molecule has 1 atom stereocenters. The average molecular weight is 331 g/mol. The van der Waals surface area contributed by atoms with Crippen LogP contribution >= 0.6 is 31.9 Å². The maximum atomic E-state index is 11.8. The van der Waals surface area contributed by atoms with Crippen molar-refractivity contribution in [2.75, 3.05) is 0 Å². The number of rotatable bonds is 2. The lowest BCUT2D eigenvalue weighted by atomic mass is 10.1. The van der Waals surface area contributed by atoms with E-state index in [9.17, 15) is 4.79 Å². The van der Waals surface area contributed by atoms with Crippen LogP contribution < -0.4 is 0 Å². The van der Waals surface area contributed by atoms with Gasteiger partial charge in [-0.25, -0.2) is 0 Å². The maximum absolute atomic E-state index is 11.8. The summed E-state index contributed by atoms with van der Waals surface area (Å²) in [5.74, 6) is 0.0966. The van der Waals surface area contributed by atoms with Crippen LogP contribution in [0.25, 0.3) is 10.9 Å². The van der Waals surface area contributed by atoms with Crippen molar-refractivity contribution in [1.82, 2.24) is 4.98 Å². The van der Waals surface area contributed by atoms with Crippen LogP contribution in [0.1, 0.15) is 17.3 Å². The molecule has 1 N–H and O–H groups in total. The van der Waals surface area contributed by atoms with Crippen molar-refractivity contribution < 1.29 is 4.79 Å². The van der Waals surface area contributed by atoms with Crippen molar-refractivity contribution in [2.24, 2.45) is 0 Å². The minimum Gasteiger partial charge on any atom is -0.360 e. The number of carbonyl (C=O) groups is 1. The molecule has 0 bridgehead atoms. The fourth-order valence-electron chi connectivity index (χ4n) is 1.51. The van der Waals surface area contributed by atoms with Crippen LogP contribution in [0, 0.1) is 0 Å². The number of ketones is 1. The highest BCUT2D eigenvalue weighted by Crippen LogP contribution is 2.24. The van der Waals surface area contributed by atoms with Gasteiger partial charge in [-0.1, -0.05) is 31.9 Å². The maximum Gasteiger partial charge on any atom is 0.178 e. The van der Waals surface area contributed by atoms with Crippen LogP contribution in [0.2, 0.25) is 0 Å². The Morgan fingerprint density at radius 2 is 2.20 bits per heavy atom. The molecule has 2 rings (SSSR count). The third kappa shape index (κ3) is 2.01. The summed E-state index contributed by atoms with van der Waals surface area (Å²) in [4.78, 5) is 14.8. The first kappa shape index (κ1) is 10.9. The second-order valence-electron chi connectivity index (χ2n) is 3.37. The number of aromatic nitrogens is 1. The van der Waals surface area contributed by atoms with Gasteiger partial charge in [-0.05, 0) is 25.1 Å². The van der Waals surface area contributed by atoms with Gasteiger partial charge in [-0.15, -0.1) is 0 Å². The van der Waals surface area contributed by atoms with E-state index in [0.717, 1.165) is 20.9 Å². The first-order valence-corrected chi connectivity index (χ1v) is 6.25. The number of fused-ring (bicyclic) bond motifs is 1. The third-order valence-corrected chi connectivity index (χ3v) is 3.18. The number of H-pyrrole nitrogens is 1. The lowest BCUT2D eigenvalue weighted by Gasteiger charge is -2.00. The molecule has 0 amide bonds. The van der Waals surface area contributed by atoms with Crippen molar-refractivity contribution >= 4 is 48.5 Å². The normalized spacial score (nSPS) is 13.0. The van der Waals surface area contributed by atoms with Crippen molar-refractivity contribution in [3.63, 3.8) is 0 Å². The Kier molecular flexibility index (Phi) is 2.98. The molecule has 0 unspecified atom stereocenters. The van der Waals surface area contributed by atoms with E-state index in [1.807, 2.05) is 25.1 Å². The SMILES string of the molecule is C[C@@H](Br)C(=O)c1c[nH]c2ccc(Br)cc12. The van der Waals surface area contributed by atoms with E-state index in [1.54, 1.807) is 6.20 Å². The lowest BCUT2D eigenvalue weighted by Crippen LogP contribution is -2.08. The molecule has 0 radical (unpaired) electrons. The Balaban J connectivity index is 2.62. The molecule has 1 aromatic heterocycles. The number of halogens is 2. The summed E-state index contributed by atoms with van der Waals surface area (Å²) in [7, 11) is 0. The van der Waals surface area contributed by atoms with Crippen molar-refractivity contribution in [3.8, 4) is 0 Å². The van der Waals surface area contributed by atoms with Crippen LogP contribution in [-0.2, 0) is 0 Å². The van der Waals surface area contributed by atoms with Gasteiger partial charge in [0, 0.05) is 27.1 Å². The van der Waals surface area contributed by atoms with E-state index in [2.05, 4.69) is 36.8 Å². The van der Waals surface area contributed by atoms with Gasteiger partial charge in [-0.3, -0.25) is 4.79 Å². The minimum atomic E-state index is -0.157. The van der Waals surface area contributed by atoms with Gasteiger partial charge in [0.05, 0.1) is 4.83 Å². The number of hydrogen-bond donors (Lipinski definition) is 1. The predicted octanol–water partition coefficient (Wildman–Crippen LogP) is 3.90. The topological polar surface area (TPSA) is 32.9 Å². The van der Waals surface area contributed by atoms with Gasteiger partial charge in [-0.2, -0.15) is 0 Å². The fourth-order valence-corrected chi connectivity index (χ4v) is 2.12. The lowest BCUT2D eigenvalue weighted by molar-refractivity contribution is 0.0997. The minimum absolute atomic E-state index is 0.0966. The standard InChI is InChI=1S/C11H9Br2NO/c1-6(12)11(15)9-5-14-10-3-2-7(13)4-8(9)10/h2-6,14H,1H3/t6-/m1/s1. The quantitative estimate of drug-likeness (QED) is 0.657. The molecular weight excluding hydrogens is 322 g/mol. The summed E-state index contributed by atoms with van der Waals surface area (Å²) in [6.07, 6.45) is 1.76. The van der Waals surface area contributed by atoms with Crippen molar-refractivity contribution in [1.29, 1.82) is 0 Å². The molecule has 2 aromatic rings. The highest BCUT2D eigenvalue weighted by Gasteiger charge is 2.16. The Bertz CT molecular complexity index is 516. The monoisotopic (exact) mass is 329 g/mol. The first-order valence-electron chi connectivity index (χ1n) is 4.54. The number of Topliss-reactive ketones (excluding diaryl/α,β-unsaturated/α-hetero) is 1. The van der Waals surface area contributed by atoms with Crippen LogP contribution in [0.4, 0.5) is 0 Å². The molecule has 1 heterocycles.